The highest BCUT2D eigenvalue weighted by Gasteiger charge is 2.13. The van der Waals surface area contributed by atoms with Crippen molar-refractivity contribution in [2.24, 2.45) is 11.7 Å². The SMILES string of the molecule is NC(=S)c1ccc(NCCCC2CCCC2)nc1. The zero-order valence-electron chi connectivity index (χ0n) is 10.7. The van der Waals surface area contributed by atoms with Crippen molar-refractivity contribution in [3.63, 3.8) is 0 Å². The minimum atomic E-state index is 0.398. The Morgan fingerprint density at radius 1 is 1.39 bits per heavy atom. The normalized spacial score (nSPS) is 15.8. The average Bonchev–Trinajstić information content (AvgIpc) is 2.88. The van der Waals surface area contributed by atoms with Gasteiger partial charge in [-0.15, -0.1) is 0 Å². The predicted molar refractivity (Wildman–Crippen MR) is 79.8 cm³/mol. The predicted octanol–water partition coefficient (Wildman–Crippen LogP) is 3.10. The molecule has 0 aliphatic heterocycles. The van der Waals surface area contributed by atoms with Gasteiger partial charge in [0.1, 0.15) is 10.8 Å². The quantitative estimate of drug-likeness (QED) is 0.611. The van der Waals surface area contributed by atoms with E-state index in [0.717, 1.165) is 23.8 Å². The molecule has 98 valence electrons. The fourth-order valence-electron chi connectivity index (χ4n) is 2.55. The second-order valence-corrected chi connectivity index (χ2v) is 5.46. The van der Waals surface area contributed by atoms with Crippen molar-refractivity contribution in [2.75, 3.05) is 11.9 Å². The number of aromatic nitrogens is 1. The summed E-state index contributed by atoms with van der Waals surface area (Å²) >= 11 is 4.89. The van der Waals surface area contributed by atoms with Crippen LogP contribution in [0.15, 0.2) is 18.3 Å². The van der Waals surface area contributed by atoms with Gasteiger partial charge >= 0.3 is 0 Å². The molecule has 0 unspecified atom stereocenters. The first kappa shape index (κ1) is 13.3. The van der Waals surface area contributed by atoms with Gasteiger partial charge in [0.05, 0.1) is 0 Å². The van der Waals surface area contributed by atoms with E-state index in [9.17, 15) is 0 Å². The molecule has 1 aliphatic carbocycles. The summed E-state index contributed by atoms with van der Waals surface area (Å²) in [4.78, 5) is 4.69. The van der Waals surface area contributed by atoms with Gasteiger partial charge in [0.25, 0.3) is 0 Å². The molecular weight excluding hydrogens is 242 g/mol. The standard InChI is InChI=1S/C14H21N3S/c15-14(18)12-7-8-13(17-10-12)16-9-3-6-11-4-1-2-5-11/h7-8,10-11H,1-6,9H2,(H2,15,18)(H,16,17). The van der Waals surface area contributed by atoms with E-state index in [1.54, 1.807) is 6.20 Å². The molecule has 1 saturated carbocycles. The van der Waals surface area contributed by atoms with Gasteiger partial charge in [-0.25, -0.2) is 4.98 Å². The first-order chi connectivity index (χ1) is 8.75. The molecule has 1 aromatic rings. The Morgan fingerprint density at radius 2 is 2.17 bits per heavy atom. The minimum Gasteiger partial charge on any atom is -0.389 e. The van der Waals surface area contributed by atoms with E-state index in [1.807, 2.05) is 12.1 Å². The summed E-state index contributed by atoms with van der Waals surface area (Å²) in [5.74, 6) is 1.87. The van der Waals surface area contributed by atoms with Crippen molar-refractivity contribution in [2.45, 2.75) is 38.5 Å². The fourth-order valence-corrected chi connectivity index (χ4v) is 2.67. The summed E-state index contributed by atoms with van der Waals surface area (Å²) in [5.41, 5.74) is 6.35. The lowest BCUT2D eigenvalue weighted by Gasteiger charge is -2.09. The highest BCUT2D eigenvalue weighted by atomic mass is 32.1. The first-order valence-corrected chi connectivity index (χ1v) is 7.16. The highest BCUT2D eigenvalue weighted by Crippen LogP contribution is 2.28. The van der Waals surface area contributed by atoms with Crippen molar-refractivity contribution in [1.82, 2.24) is 4.98 Å². The van der Waals surface area contributed by atoms with Crippen molar-refractivity contribution < 1.29 is 0 Å². The van der Waals surface area contributed by atoms with Crippen LogP contribution in [0.3, 0.4) is 0 Å². The number of hydrogen-bond acceptors (Lipinski definition) is 3. The van der Waals surface area contributed by atoms with Crippen LogP contribution in [0.2, 0.25) is 0 Å². The third-order valence-electron chi connectivity index (χ3n) is 3.62. The molecular formula is C14H21N3S. The van der Waals surface area contributed by atoms with Gasteiger partial charge in [-0.1, -0.05) is 37.9 Å². The summed E-state index contributed by atoms with van der Waals surface area (Å²) in [7, 11) is 0. The third kappa shape index (κ3) is 3.95. The number of nitrogens with zero attached hydrogens (tertiary/aromatic N) is 1. The molecule has 0 bridgehead atoms. The molecule has 0 spiro atoms. The van der Waals surface area contributed by atoms with Crippen molar-refractivity contribution in [3.8, 4) is 0 Å². The van der Waals surface area contributed by atoms with E-state index in [1.165, 1.54) is 38.5 Å². The third-order valence-corrected chi connectivity index (χ3v) is 3.85. The summed E-state index contributed by atoms with van der Waals surface area (Å²) in [6, 6.07) is 3.85. The Morgan fingerprint density at radius 3 is 2.78 bits per heavy atom. The maximum atomic E-state index is 5.53. The second-order valence-electron chi connectivity index (χ2n) is 5.02. The molecule has 2 rings (SSSR count). The molecule has 1 fully saturated rings. The molecule has 0 saturated heterocycles. The van der Waals surface area contributed by atoms with Crippen molar-refractivity contribution >= 4 is 23.0 Å². The molecule has 0 atom stereocenters. The van der Waals surface area contributed by atoms with Gasteiger partial charge in [0.15, 0.2) is 0 Å². The van der Waals surface area contributed by atoms with Crippen LogP contribution in [0, 0.1) is 5.92 Å². The van der Waals surface area contributed by atoms with Gasteiger partial charge in [-0.3, -0.25) is 0 Å². The fraction of sp³-hybridized carbons (Fsp3) is 0.571. The first-order valence-electron chi connectivity index (χ1n) is 6.75. The van der Waals surface area contributed by atoms with E-state index in [2.05, 4.69) is 10.3 Å². The number of rotatable bonds is 6. The monoisotopic (exact) mass is 263 g/mol. The van der Waals surface area contributed by atoms with E-state index in [4.69, 9.17) is 18.0 Å². The molecule has 4 heteroatoms. The summed E-state index contributed by atoms with van der Waals surface area (Å²) in [5, 5.41) is 3.34. The number of pyridine rings is 1. The van der Waals surface area contributed by atoms with Crippen LogP contribution in [0.5, 0.6) is 0 Å². The largest absolute Gasteiger partial charge is 0.389 e. The molecule has 0 radical (unpaired) electrons. The van der Waals surface area contributed by atoms with Gasteiger partial charge < -0.3 is 11.1 Å². The molecule has 18 heavy (non-hydrogen) atoms. The van der Waals surface area contributed by atoms with Gasteiger partial charge in [0, 0.05) is 18.3 Å². The summed E-state index contributed by atoms with van der Waals surface area (Å²) in [6.07, 6.45) is 10.0. The second kappa shape index (κ2) is 6.69. The van der Waals surface area contributed by atoms with Crippen LogP contribution < -0.4 is 11.1 Å². The van der Waals surface area contributed by atoms with Crippen molar-refractivity contribution in [3.05, 3.63) is 23.9 Å². The van der Waals surface area contributed by atoms with Gasteiger partial charge in [0.2, 0.25) is 0 Å². The van der Waals surface area contributed by atoms with E-state index in [0.29, 0.717) is 4.99 Å². The van der Waals surface area contributed by atoms with E-state index >= 15 is 0 Å². The smallest absolute Gasteiger partial charge is 0.125 e. The topological polar surface area (TPSA) is 50.9 Å². The summed E-state index contributed by atoms with van der Waals surface area (Å²) in [6.45, 7) is 0.996. The van der Waals surface area contributed by atoms with Crippen LogP contribution >= 0.6 is 12.2 Å². The Balaban J connectivity index is 1.68. The Hall–Kier alpha value is -1.16. The lowest BCUT2D eigenvalue weighted by atomic mass is 10.0. The maximum Gasteiger partial charge on any atom is 0.125 e. The molecule has 1 aliphatic rings. The van der Waals surface area contributed by atoms with E-state index < -0.39 is 0 Å². The Bertz CT molecular complexity index is 383. The molecule has 1 heterocycles. The Kier molecular flexibility index (Phi) is 4.93. The van der Waals surface area contributed by atoms with Crippen LogP contribution in [-0.4, -0.2) is 16.5 Å². The number of nitrogens with two attached hydrogens (primary N) is 1. The maximum absolute atomic E-state index is 5.53. The van der Waals surface area contributed by atoms with Crippen LogP contribution in [-0.2, 0) is 0 Å². The van der Waals surface area contributed by atoms with E-state index in [-0.39, 0.29) is 0 Å². The molecule has 3 N–H and O–H groups in total. The Labute approximate surface area is 114 Å². The molecule has 0 aromatic carbocycles. The lowest BCUT2D eigenvalue weighted by Crippen LogP contribution is -2.10. The lowest BCUT2D eigenvalue weighted by molar-refractivity contribution is 0.491. The number of hydrogen-bond donors (Lipinski definition) is 2. The summed E-state index contributed by atoms with van der Waals surface area (Å²) < 4.78 is 0. The molecule has 1 aromatic heterocycles. The zero-order valence-corrected chi connectivity index (χ0v) is 11.5. The highest BCUT2D eigenvalue weighted by molar-refractivity contribution is 7.80. The van der Waals surface area contributed by atoms with Gasteiger partial charge in [-0.2, -0.15) is 0 Å². The molecule has 0 amide bonds. The zero-order chi connectivity index (χ0) is 12.8. The van der Waals surface area contributed by atoms with Crippen LogP contribution in [0.25, 0.3) is 0 Å². The van der Waals surface area contributed by atoms with Crippen molar-refractivity contribution in [1.29, 1.82) is 0 Å². The number of thiocarbonyl (C=S) groups is 1. The average molecular weight is 263 g/mol. The minimum absolute atomic E-state index is 0.398. The van der Waals surface area contributed by atoms with Crippen LogP contribution in [0.4, 0.5) is 5.82 Å². The van der Waals surface area contributed by atoms with Gasteiger partial charge in [-0.05, 0) is 30.9 Å². The molecule has 3 nitrogen and oxygen atoms in total. The number of anilines is 1. The number of nitrogens with one attached hydrogen (secondary N) is 1. The van der Waals surface area contributed by atoms with Crippen LogP contribution in [0.1, 0.15) is 44.1 Å².